The topological polar surface area (TPSA) is 391 Å². The van der Waals surface area contributed by atoms with Gasteiger partial charge in [0.25, 0.3) is 0 Å². The van der Waals surface area contributed by atoms with E-state index in [4.69, 9.17) is 86.5 Å². The third kappa shape index (κ3) is 58.5. The van der Waals surface area contributed by atoms with E-state index < -0.39 is 12.0 Å². The quantitative estimate of drug-likeness (QED) is 0.0381. The van der Waals surface area contributed by atoms with Crippen molar-refractivity contribution in [1.29, 1.82) is 0 Å². The smallest absolute Gasteiger partial charge is 0.223 e. The Morgan fingerprint density at radius 3 is 0.942 bits per heavy atom. The number of ether oxygens (including phenoxy) is 11. The van der Waals surface area contributed by atoms with Crippen LogP contribution in [-0.2, 0) is 76.1 Å². The van der Waals surface area contributed by atoms with Crippen LogP contribution in [-0.4, -0.2) is 239 Å². The molecule has 0 heterocycles. The molecule has 0 aliphatic rings. The van der Waals surface area contributed by atoms with Crippen LogP contribution in [0.5, 0.6) is 0 Å². The molecule has 26 nitrogen and oxygen atoms in total. The molecule has 0 bridgehead atoms. The Bertz CT molecular complexity index is 1540. The number of carbonyl (C=O) groups excluding carboxylic acids is 5. The molecule has 508 valence electrons. The number of ketones is 1. The van der Waals surface area contributed by atoms with E-state index in [1.807, 2.05) is 0 Å². The molecule has 0 aliphatic heterocycles. The van der Waals surface area contributed by atoms with Crippen LogP contribution in [0, 0.1) is 11.8 Å². The minimum Gasteiger partial charge on any atom is -0.379 e. The highest BCUT2D eigenvalue weighted by Crippen LogP contribution is 2.19. The van der Waals surface area contributed by atoms with Crippen molar-refractivity contribution in [3.05, 3.63) is 0 Å². The van der Waals surface area contributed by atoms with E-state index in [0.29, 0.717) is 230 Å². The van der Waals surface area contributed by atoms with Crippen molar-refractivity contribution in [3.8, 4) is 0 Å². The predicted octanol–water partition coefficient (Wildman–Crippen LogP) is 1.12. The normalized spacial score (nSPS) is 12.9. The van der Waals surface area contributed by atoms with Gasteiger partial charge >= 0.3 is 0 Å². The Kier molecular flexibility index (Phi) is 63.9. The molecule has 0 saturated carbocycles. The summed E-state index contributed by atoms with van der Waals surface area (Å²) < 4.78 is 61.1. The largest absolute Gasteiger partial charge is 0.379 e. The highest BCUT2D eigenvalue weighted by molar-refractivity contribution is 5.89. The fraction of sp³-hybridized carbons (Fsp3) is 0.917. The average molecular weight is 1240 g/mol. The van der Waals surface area contributed by atoms with Gasteiger partial charge in [-0.1, -0.05) is 25.7 Å². The van der Waals surface area contributed by atoms with Crippen LogP contribution in [0.3, 0.4) is 0 Å². The van der Waals surface area contributed by atoms with Crippen molar-refractivity contribution in [2.24, 2.45) is 46.2 Å². The van der Waals surface area contributed by atoms with E-state index >= 15 is 0 Å². The first-order chi connectivity index (χ1) is 42.1. The van der Waals surface area contributed by atoms with Crippen LogP contribution >= 0.6 is 0 Å². The lowest BCUT2D eigenvalue weighted by Gasteiger charge is -2.19. The summed E-state index contributed by atoms with van der Waals surface area (Å²) >= 11 is 0. The fourth-order valence-corrected chi connectivity index (χ4v) is 8.41. The Morgan fingerprint density at radius 2 is 0.581 bits per heavy atom. The summed E-state index contributed by atoms with van der Waals surface area (Å²) in [6.45, 7) is 13.9. The molecule has 26 heteroatoms. The SMILES string of the molecule is NCCCC[C@H](N)CC[C@@H](CCCCN)C(=O)NCCCOCCOCCOCCCNC(=O)CCOCCOCCOCCOCCOCCC(=O)NCCCOCCOCCOCCCNC(=O)[C@H](CCCCN)CC(=O)[C@@H](N)CCCCN. The van der Waals surface area contributed by atoms with Crippen molar-refractivity contribution >= 4 is 29.4 Å². The third-order valence-corrected chi connectivity index (χ3v) is 13.5. The molecule has 4 amide bonds. The first-order valence-corrected chi connectivity index (χ1v) is 32.4. The second-order valence-electron chi connectivity index (χ2n) is 21.1. The van der Waals surface area contributed by atoms with Crippen LogP contribution in [0.1, 0.15) is 135 Å². The standard InChI is InChI=1S/C60H122N10O16/c61-21-5-1-13-52(17-18-54(65)15-3-7-23-63)59(74)69-27-11-31-78-37-43-82-41-35-76-29-9-25-67-57(72)19-33-80-39-45-84-47-49-86-50-48-85-46-40-81-34-20-58(73)68-26-10-30-77-36-42-83-44-38-79-32-12-28-70-60(75)53(14-2-6-22-62)51-56(71)55(66)16-4-8-24-64/h52-55H,1-51,61-66H2,(H,67,72)(H,68,73)(H,69,74)(H,70,75)/t52-,53-,54+,55+/m1/s1. The maximum atomic E-state index is 12.9. The zero-order valence-electron chi connectivity index (χ0n) is 52.9. The number of rotatable bonds is 70. The molecule has 86 heavy (non-hydrogen) atoms. The third-order valence-electron chi connectivity index (χ3n) is 13.5. The van der Waals surface area contributed by atoms with Gasteiger partial charge < -0.3 is 108 Å². The molecule has 0 aromatic rings. The lowest BCUT2D eigenvalue weighted by Crippen LogP contribution is -2.37. The van der Waals surface area contributed by atoms with Gasteiger partial charge in [-0.15, -0.1) is 0 Å². The molecule has 0 rings (SSSR count). The lowest BCUT2D eigenvalue weighted by molar-refractivity contribution is -0.130. The monoisotopic (exact) mass is 1240 g/mol. The maximum absolute atomic E-state index is 12.9. The van der Waals surface area contributed by atoms with Crippen molar-refractivity contribution in [1.82, 2.24) is 21.3 Å². The zero-order chi connectivity index (χ0) is 62.9. The number of amides is 4. The number of unbranched alkanes of at least 4 members (excludes halogenated alkanes) is 4. The Balaban J connectivity index is 3.51. The van der Waals surface area contributed by atoms with Gasteiger partial charge in [-0.25, -0.2) is 0 Å². The van der Waals surface area contributed by atoms with Gasteiger partial charge in [0, 0.05) is 89.7 Å². The Morgan fingerprint density at radius 1 is 0.291 bits per heavy atom. The molecule has 16 N–H and O–H groups in total. The molecular weight excluding hydrogens is 1120 g/mol. The number of nitrogens with two attached hydrogens (primary N) is 6. The molecule has 0 aromatic carbocycles. The second kappa shape index (κ2) is 66.3. The molecule has 0 spiro atoms. The number of carbonyl (C=O) groups is 5. The van der Waals surface area contributed by atoms with Gasteiger partial charge in [-0.3, -0.25) is 24.0 Å². The zero-order valence-corrected chi connectivity index (χ0v) is 52.9. The maximum Gasteiger partial charge on any atom is 0.223 e. The second-order valence-corrected chi connectivity index (χ2v) is 21.1. The fourth-order valence-electron chi connectivity index (χ4n) is 8.41. The van der Waals surface area contributed by atoms with E-state index in [-0.39, 0.29) is 60.6 Å². The summed E-state index contributed by atoms with van der Waals surface area (Å²) in [5.74, 6) is -0.767. The van der Waals surface area contributed by atoms with E-state index in [9.17, 15) is 24.0 Å². The average Bonchev–Trinajstić information content (AvgIpc) is 3.65. The summed E-state index contributed by atoms with van der Waals surface area (Å²) in [6.07, 6.45) is 15.0. The first kappa shape index (κ1) is 82.9. The molecule has 0 fully saturated rings. The van der Waals surface area contributed by atoms with Crippen LogP contribution in [0.25, 0.3) is 0 Å². The summed E-state index contributed by atoms with van der Waals surface area (Å²) in [7, 11) is 0. The van der Waals surface area contributed by atoms with E-state index in [1.165, 1.54) is 0 Å². The van der Waals surface area contributed by atoms with Crippen LogP contribution in [0.4, 0.5) is 0 Å². The van der Waals surface area contributed by atoms with Crippen molar-refractivity contribution in [2.75, 3.05) is 198 Å². The van der Waals surface area contributed by atoms with Crippen molar-refractivity contribution in [2.45, 2.75) is 147 Å². The predicted molar refractivity (Wildman–Crippen MR) is 332 cm³/mol. The minimum atomic E-state index is -0.570. The van der Waals surface area contributed by atoms with Gasteiger partial charge in [-0.05, 0) is 116 Å². The number of nitrogens with one attached hydrogen (secondary N) is 4. The molecule has 0 aromatic heterocycles. The van der Waals surface area contributed by atoms with Gasteiger partial charge in [0.05, 0.1) is 125 Å². The highest BCUT2D eigenvalue weighted by Gasteiger charge is 2.24. The van der Waals surface area contributed by atoms with Gasteiger partial charge in [0.15, 0.2) is 0 Å². The van der Waals surface area contributed by atoms with Crippen LogP contribution in [0.15, 0.2) is 0 Å². The molecule has 0 saturated heterocycles. The first-order valence-electron chi connectivity index (χ1n) is 32.4. The molecule has 0 unspecified atom stereocenters. The number of hydrogen-bond acceptors (Lipinski definition) is 22. The molecule has 0 radical (unpaired) electrons. The summed E-state index contributed by atoms with van der Waals surface area (Å²) in [5.41, 5.74) is 34.8. The summed E-state index contributed by atoms with van der Waals surface area (Å²) in [4.78, 5) is 62.5. The van der Waals surface area contributed by atoms with Gasteiger partial charge in [0.1, 0.15) is 5.78 Å². The number of Topliss-reactive ketones (excluding diaryl/α,β-unsaturated/α-hetero) is 1. The van der Waals surface area contributed by atoms with Crippen molar-refractivity contribution in [3.63, 3.8) is 0 Å². The number of hydrogen-bond donors (Lipinski definition) is 10. The molecule has 4 atom stereocenters. The summed E-state index contributed by atoms with van der Waals surface area (Å²) in [6, 6.07) is -0.470. The van der Waals surface area contributed by atoms with Crippen molar-refractivity contribution < 1.29 is 76.1 Å². The van der Waals surface area contributed by atoms with Crippen LogP contribution < -0.4 is 55.7 Å². The van der Waals surface area contributed by atoms with E-state index in [0.717, 1.165) is 83.5 Å². The van der Waals surface area contributed by atoms with Gasteiger partial charge in [0.2, 0.25) is 23.6 Å². The summed E-state index contributed by atoms with van der Waals surface area (Å²) in [5, 5.41) is 11.7. The molecular formula is C60H122N10O16. The van der Waals surface area contributed by atoms with E-state index in [2.05, 4.69) is 21.3 Å². The van der Waals surface area contributed by atoms with E-state index in [1.54, 1.807) is 0 Å². The van der Waals surface area contributed by atoms with Gasteiger partial charge in [-0.2, -0.15) is 0 Å². The van der Waals surface area contributed by atoms with Crippen LogP contribution in [0.2, 0.25) is 0 Å². The minimum absolute atomic E-state index is 0.0442. The lowest BCUT2D eigenvalue weighted by atomic mass is 9.91. The Hall–Kier alpha value is -3.13. The molecule has 0 aliphatic carbocycles. The highest BCUT2D eigenvalue weighted by atomic mass is 16.6. The Labute approximate surface area is 516 Å².